The molecule has 0 saturated carbocycles. The molecule has 15 heavy (non-hydrogen) atoms. The Balaban J connectivity index is 2.09. The topological polar surface area (TPSA) is 57.4 Å². The van der Waals surface area contributed by atoms with E-state index in [-0.39, 0.29) is 6.10 Å². The standard InChI is InChI=1S/C10H13BrN2O2/c11-8-5-13-6-9(12)10(8)15-7-1-3-14-4-2-7/h5-7H,1-4,12H2. The Labute approximate surface area is 96.9 Å². The van der Waals surface area contributed by atoms with Crippen molar-refractivity contribution in [3.8, 4) is 5.75 Å². The highest BCUT2D eigenvalue weighted by molar-refractivity contribution is 9.10. The highest BCUT2D eigenvalue weighted by atomic mass is 79.9. The molecule has 0 aliphatic carbocycles. The van der Waals surface area contributed by atoms with E-state index in [2.05, 4.69) is 20.9 Å². The zero-order valence-electron chi connectivity index (χ0n) is 8.28. The van der Waals surface area contributed by atoms with Gasteiger partial charge in [0, 0.05) is 19.0 Å². The third-order valence-corrected chi connectivity index (χ3v) is 2.90. The first-order valence-electron chi connectivity index (χ1n) is 4.91. The Kier molecular flexibility index (Phi) is 3.43. The number of nitrogen functional groups attached to an aromatic ring is 1. The van der Waals surface area contributed by atoms with Crippen molar-refractivity contribution >= 4 is 21.6 Å². The smallest absolute Gasteiger partial charge is 0.159 e. The Morgan fingerprint density at radius 2 is 2.13 bits per heavy atom. The number of nitrogens with zero attached hydrogens (tertiary/aromatic N) is 1. The molecule has 0 amide bonds. The van der Waals surface area contributed by atoms with Crippen LogP contribution in [0.5, 0.6) is 5.75 Å². The van der Waals surface area contributed by atoms with Gasteiger partial charge in [0.25, 0.3) is 0 Å². The quantitative estimate of drug-likeness (QED) is 0.895. The van der Waals surface area contributed by atoms with E-state index in [1.807, 2.05) is 0 Å². The minimum Gasteiger partial charge on any atom is -0.487 e. The van der Waals surface area contributed by atoms with Crippen molar-refractivity contribution in [2.75, 3.05) is 18.9 Å². The van der Waals surface area contributed by atoms with Crippen molar-refractivity contribution in [2.24, 2.45) is 0 Å². The summed E-state index contributed by atoms with van der Waals surface area (Å²) in [6, 6.07) is 0. The minimum atomic E-state index is 0.194. The molecule has 1 fully saturated rings. The molecule has 0 aromatic carbocycles. The maximum absolute atomic E-state index is 5.82. The van der Waals surface area contributed by atoms with Crippen molar-refractivity contribution in [2.45, 2.75) is 18.9 Å². The highest BCUT2D eigenvalue weighted by Crippen LogP contribution is 2.31. The fourth-order valence-corrected chi connectivity index (χ4v) is 1.96. The van der Waals surface area contributed by atoms with Crippen molar-refractivity contribution < 1.29 is 9.47 Å². The van der Waals surface area contributed by atoms with Crippen LogP contribution in [0.2, 0.25) is 0 Å². The lowest BCUT2D eigenvalue weighted by atomic mass is 10.1. The zero-order chi connectivity index (χ0) is 10.7. The molecule has 0 unspecified atom stereocenters. The molecule has 1 aromatic rings. The zero-order valence-corrected chi connectivity index (χ0v) is 9.87. The molecule has 0 spiro atoms. The van der Waals surface area contributed by atoms with Gasteiger partial charge in [0.2, 0.25) is 0 Å². The monoisotopic (exact) mass is 272 g/mol. The number of hydrogen-bond donors (Lipinski definition) is 1. The Hall–Kier alpha value is -0.810. The molecule has 1 saturated heterocycles. The second-order valence-electron chi connectivity index (χ2n) is 3.47. The fourth-order valence-electron chi connectivity index (χ4n) is 1.52. The lowest BCUT2D eigenvalue weighted by Gasteiger charge is -2.24. The molecule has 1 aromatic heterocycles. The van der Waals surface area contributed by atoms with Gasteiger partial charge in [-0.25, -0.2) is 0 Å². The maximum atomic E-state index is 5.82. The molecule has 2 N–H and O–H groups in total. The summed E-state index contributed by atoms with van der Waals surface area (Å²) in [6.07, 6.45) is 5.30. The van der Waals surface area contributed by atoms with Crippen LogP contribution in [-0.2, 0) is 4.74 Å². The van der Waals surface area contributed by atoms with Gasteiger partial charge >= 0.3 is 0 Å². The number of ether oxygens (including phenoxy) is 2. The van der Waals surface area contributed by atoms with Gasteiger partial charge in [-0.15, -0.1) is 0 Å². The molecule has 2 heterocycles. The second-order valence-corrected chi connectivity index (χ2v) is 4.32. The lowest BCUT2D eigenvalue weighted by molar-refractivity contribution is 0.0255. The summed E-state index contributed by atoms with van der Waals surface area (Å²) in [7, 11) is 0. The Morgan fingerprint density at radius 1 is 1.40 bits per heavy atom. The summed E-state index contributed by atoms with van der Waals surface area (Å²) < 4.78 is 11.9. The average Bonchev–Trinajstić information content (AvgIpc) is 2.25. The van der Waals surface area contributed by atoms with E-state index >= 15 is 0 Å². The molecule has 0 radical (unpaired) electrons. The average molecular weight is 273 g/mol. The maximum Gasteiger partial charge on any atom is 0.159 e. The fraction of sp³-hybridized carbons (Fsp3) is 0.500. The van der Waals surface area contributed by atoms with Gasteiger partial charge in [-0.2, -0.15) is 0 Å². The Morgan fingerprint density at radius 3 is 2.80 bits per heavy atom. The summed E-state index contributed by atoms with van der Waals surface area (Å²) in [4.78, 5) is 3.96. The number of hydrogen-bond acceptors (Lipinski definition) is 4. The second kappa shape index (κ2) is 4.81. The van der Waals surface area contributed by atoms with Crippen molar-refractivity contribution in [3.63, 3.8) is 0 Å². The van der Waals surface area contributed by atoms with Gasteiger partial charge in [-0.1, -0.05) is 0 Å². The van der Waals surface area contributed by atoms with Gasteiger partial charge in [0.05, 0.1) is 29.6 Å². The molecule has 0 atom stereocenters. The van der Waals surface area contributed by atoms with E-state index in [1.165, 1.54) is 0 Å². The van der Waals surface area contributed by atoms with E-state index in [4.69, 9.17) is 15.2 Å². The molecular weight excluding hydrogens is 260 g/mol. The first-order valence-corrected chi connectivity index (χ1v) is 5.70. The van der Waals surface area contributed by atoms with Gasteiger partial charge < -0.3 is 15.2 Å². The molecule has 0 bridgehead atoms. The van der Waals surface area contributed by atoms with E-state index in [0.717, 1.165) is 30.5 Å². The van der Waals surface area contributed by atoms with Crippen LogP contribution in [0.1, 0.15) is 12.8 Å². The molecule has 82 valence electrons. The highest BCUT2D eigenvalue weighted by Gasteiger charge is 2.17. The van der Waals surface area contributed by atoms with Crippen molar-refractivity contribution in [1.82, 2.24) is 4.98 Å². The molecule has 1 aliphatic rings. The van der Waals surface area contributed by atoms with Gasteiger partial charge in [0.15, 0.2) is 5.75 Å². The number of nitrogens with two attached hydrogens (primary N) is 1. The van der Waals surface area contributed by atoms with Crippen LogP contribution in [0.25, 0.3) is 0 Å². The SMILES string of the molecule is Nc1cncc(Br)c1OC1CCOCC1. The van der Waals surface area contributed by atoms with Crippen LogP contribution in [-0.4, -0.2) is 24.3 Å². The number of pyridine rings is 1. The summed E-state index contributed by atoms with van der Waals surface area (Å²) >= 11 is 3.38. The molecule has 4 nitrogen and oxygen atoms in total. The summed E-state index contributed by atoms with van der Waals surface area (Å²) in [5.41, 5.74) is 6.36. The largest absolute Gasteiger partial charge is 0.487 e. The lowest BCUT2D eigenvalue weighted by Crippen LogP contribution is -2.26. The van der Waals surface area contributed by atoms with Crippen molar-refractivity contribution in [3.05, 3.63) is 16.9 Å². The minimum absolute atomic E-state index is 0.194. The van der Waals surface area contributed by atoms with Crippen LogP contribution in [0.3, 0.4) is 0 Å². The van der Waals surface area contributed by atoms with Crippen LogP contribution in [0.15, 0.2) is 16.9 Å². The number of aromatic nitrogens is 1. The van der Waals surface area contributed by atoms with E-state index in [9.17, 15) is 0 Å². The van der Waals surface area contributed by atoms with Crippen LogP contribution >= 0.6 is 15.9 Å². The summed E-state index contributed by atoms with van der Waals surface area (Å²) in [5.74, 6) is 0.692. The van der Waals surface area contributed by atoms with Gasteiger partial charge in [-0.05, 0) is 15.9 Å². The predicted molar refractivity (Wildman–Crippen MR) is 60.8 cm³/mol. The van der Waals surface area contributed by atoms with Crippen molar-refractivity contribution in [1.29, 1.82) is 0 Å². The van der Waals surface area contributed by atoms with Gasteiger partial charge in [-0.3, -0.25) is 4.98 Å². The van der Waals surface area contributed by atoms with Crippen LogP contribution < -0.4 is 10.5 Å². The number of halogens is 1. The summed E-state index contributed by atoms with van der Waals surface area (Å²) in [6.45, 7) is 1.51. The van der Waals surface area contributed by atoms with Gasteiger partial charge in [0.1, 0.15) is 6.10 Å². The molecule has 2 rings (SSSR count). The molecule has 1 aliphatic heterocycles. The van der Waals surface area contributed by atoms with E-state index < -0.39 is 0 Å². The number of anilines is 1. The van der Waals surface area contributed by atoms with E-state index in [0.29, 0.717) is 11.4 Å². The van der Waals surface area contributed by atoms with E-state index in [1.54, 1.807) is 12.4 Å². The van der Waals surface area contributed by atoms with Crippen LogP contribution in [0, 0.1) is 0 Å². The normalized spacial score (nSPS) is 17.7. The predicted octanol–water partition coefficient (Wildman–Crippen LogP) is 1.98. The Bertz CT molecular complexity index is 320. The third-order valence-electron chi connectivity index (χ3n) is 2.33. The molecule has 5 heteroatoms. The number of rotatable bonds is 2. The molecular formula is C10H13BrN2O2. The third kappa shape index (κ3) is 2.60. The van der Waals surface area contributed by atoms with Crippen LogP contribution in [0.4, 0.5) is 5.69 Å². The first-order chi connectivity index (χ1) is 7.27. The summed E-state index contributed by atoms with van der Waals surface area (Å²) in [5, 5.41) is 0. The first kappa shape index (κ1) is 10.7.